The molecule has 1 heterocycles. The van der Waals surface area contributed by atoms with Gasteiger partial charge in [0.1, 0.15) is 0 Å². The van der Waals surface area contributed by atoms with Crippen molar-refractivity contribution >= 4 is 0 Å². The molecule has 2 unspecified atom stereocenters. The van der Waals surface area contributed by atoms with Crippen molar-refractivity contribution in [3.8, 4) is 0 Å². The van der Waals surface area contributed by atoms with E-state index in [0.29, 0.717) is 5.92 Å². The van der Waals surface area contributed by atoms with Crippen LogP contribution in [0.1, 0.15) is 58.9 Å². The highest BCUT2D eigenvalue weighted by molar-refractivity contribution is 5.06. The molecule has 0 spiro atoms. The van der Waals surface area contributed by atoms with Crippen LogP contribution in [0.2, 0.25) is 0 Å². The first-order valence-electron chi connectivity index (χ1n) is 7.75. The van der Waals surface area contributed by atoms with E-state index < -0.39 is 0 Å². The maximum atomic E-state index is 9.79. The summed E-state index contributed by atoms with van der Waals surface area (Å²) >= 11 is 0. The van der Waals surface area contributed by atoms with Gasteiger partial charge in [0.05, 0.1) is 18.3 Å². The Balaban J connectivity index is 1.98. The zero-order valence-electron chi connectivity index (χ0n) is 13.3. The lowest BCUT2D eigenvalue weighted by molar-refractivity contribution is 0.0982. The van der Waals surface area contributed by atoms with Gasteiger partial charge in [0.15, 0.2) is 0 Å². The van der Waals surface area contributed by atoms with Gasteiger partial charge >= 0.3 is 0 Å². The summed E-state index contributed by atoms with van der Waals surface area (Å²) in [6.45, 7) is 9.73. The van der Waals surface area contributed by atoms with Crippen LogP contribution in [-0.4, -0.2) is 27.0 Å². The number of aromatic nitrogens is 2. The Hall–Kier alpha value is -0.870. The van der Waals surface area contributed by atoms with E-state index in [1.54, 1.807) is 0 Å². The van der Waals surface area contributed by atoms with Crippen LogP contribution in [0.15, 0.2) is 12.4 Å². The number of hydrogen-bond donors (Lipinski definition) is 2. The number of aliphatic hydroxyl groups is 1. The van der Waals surface area contributed by atoms with Gasteiger partial charge in [-0.25, -0.2) is 0 Å². The molecular formula is C16H29N3O. The first kappa shape index (κ1) is 15.5. The zero-order valence-corrected chi connectivity index (χ0v) is 13.3. The smallest absolute Gasteiger partial charge is 0.0613 e. The number of aliphatic hydroxyl groups excluding tert-OH is 1. The molecule has 114 valence electrons. The van der Waals surface area contributed by atoms with Gasteiger partial charge in [-0.05, 0) is 39.5 Å². The van der Waals surface area contributed by atoms with Crippen LogP contribution >= 0.6 is 0 Å². The van der Waals surface area contributed by atoms with Crippen LogP contribution in [0.4, 0.5) is 0 Å². The van der Waals surface area contributed by atoms with Crippen LogP contribution in [0.25, 0.3) is 0 Å². The quantitative estimate of drug-likeness (QED) is 0.891. The van der Waals surface area contributed by atoms with Gasteiger partial charge in [-0.3, -0.25) is 4.68 Å². The van der Waals surface area contributed by atoms with Crippen molar-refractivity contribution in [3.63, 3.8) is 0 Å². The van der Waals surface area contributed by atoms with Crippen molar-refractivity contribution in [2.75, 3.05) is 6.61 Å². The van der Waals surface area contributed by atoms with Crippen molar-refractivity contribution in [1.82, 2.24) is 15.1 Å². The summed E-state index contributed by atoms with van der Waals surface area (Å²) in [5.74, 6) is 0.695. The first-order valence-corrected chi connectivity index (χ1v) is 7.75. The number of nitrogens with zero attached hydrogens (tertiary/aromatic N) is 2. The van der Waals surface area contributed by atoms with E-state index in [0.717, 1.165) is 19.4 Å². The lowest BCUT2D eigenvalue weighted by Crippen LogP contribution is -2.51. The van der Waals surface area contributed by atoms with Gasteiger partial charge in [-0.15, -0.1) is 0 Å². The summed E-state index contributed by atoms with van der Waals surface area (Å²) < 4.78 is 2.00. The third-order valence-corrected chi connectivity index (χ3v) is 4.38. The third-order valence-electron chi connectivity index (χ3n) is 4.38. The molecule has 4 nitrogen and oxygen atoms in total. The monoisotopic (exact) mass is 279 g/mol. The fourth-order valence-electron chi connectivity index (χ4n) is 3.13. The molecule has 1 aromatic rings. The highest BCUT2D eigenvalue weighted by atomic mass is 16.3. The summed E-state index contributed by atoms with van der Waals surface area (Å²) in [5.41, 5.74) is 1.11. The minimum Gasteiger partial charge on any atom is -0.394 e. The largest absolute Gasteiger partial charge is 0.394 e. The lowest BCUT2D eigenvalue weighted by Gasteiger charge is -2.39. The number of rotatable bonds is 4. The highest BCUT2D eigenvalue weighted by Gasteiger charge is 2.33. The molecule has 0 saturated heterocycles. The van der Waals surface area contributed by atoms with Gasteiger partial charge in [-0.2, -0.15) is 5.10 Å². The Morgan fingerprint density at radius 3 is 2.80 bits per heavy atom. The van der Waals surface area contributed by atoms with Crippen LogP contribution in [0.3, 0.4) is 0 Å². The van der Waals surface area contributed by atoms with Gasteiger partial charge in [-0.1, -0.05) is 19.8 Å². The normalized spacial score (nSPS) is 27.8. The Morgan fingerprint density at radius 1 is 1.50 bits per heavy atom. The number of nitrogens with one attached hydrogen (secondary N) is 1. The molecule has 0 bridgehead atoms. The second-order valence-corrected chi connectivity index (χ2v) is 7.46. The molecule has 2 N–H and O–H groups in total. The van der Waals surface area contributed by atoms with E-state index in [1.807, 2.05) is 10.9 Å². The molecule has 1 aromatic heterocycles. The average molecular weight is 279 g/mol. The maximum absolute atomic E-state index is 9.79. The molecule has 2 atom stereocenters. The summed E-state index contributed by atoms with van der Waals surface area (Å²) in [5, 5.41) is 17.8. The predicted octanol–water partition coefficient (Wildman–Crippen LogP) is 2.67. The van der Waals surface area contributed by atoms with Gasteiger partial charge in [0, 0.05) is 23.8 Å². The second kappa shape index (κ2) is 5.86. The molecular weight excluding hydrogens is 250 g/mol. The van der Waals surface area contributed by atoms with E-state index in [2.05, 4.69) is 44.3 Å². The van der Waals surface area contributed by atoms with Crippen LogP contribution in [-0.2, 0) is 12.1 Å². The Bertz CT molecular complexity index is 435. The maximum Gasteiger partial charge on any atom is 0.0613 e. The van der Waals surface area contributed by atoms with Crippen LogP contribution in [0.5, 0.6) is 0 Å². The highest BCUT2D eigenvalue weighted by Crippen LogP contribution is 2.32. The fraction of sp³-hybridized carbons (Fsp3) is 0.812. The third kappa shape index (κ3) is 3.61. The molecule has 1 aliphatic rings. The van der Waals surface area contributed by atoms with E-state index in [1.165, 1.54) is 18.4 Å². The van der Waals surface area contributed by atoms with E-state index >= 15 is 0 Å². The molecule has 2 rings (SSSR count). The van der Waals surface area contributed by atoms with Crippen molar-refractivity contribution in [3.05, 3.63) is 18.0 Å². The van der Waals surface area contributed by atoms with Gasteiger partial charge < -0.3 is 10.4 Å². The van der Waals surface area contributed by atoms with E-state index in [9.17, 15) is 5.11 Å². The molecule has 1 fully saturated rings. The summed E-state index contributed by atoms with van der Waals surface area (Å²) in [6.07, 6.45) is 8.65. The molecule has 4 heteroatoms. The second-order valence-electron chi connectivity index (χ2n) is 7.46. The topological polar surface area (TPSA) is 50.1 Å². The summed E-state index contributed by atoms with van der Waals surface area (Å²) in [6, 6.07) is 0. The summed E-state index contributed by atoms with van der Waals surface area (Å²) in [4.78, 5) is 0. The minimum atomic E-state index is -0.0957. The summed E-state index contributed by atoms with van der Waals surface area (Å²) in [7, 11) is 0. The van der Waals surface area contributed by atoms with Gasteiger partial charge in [0.25, 0.3) is 0 Å². The zero-order chi connectivity index (χ0) is 14.8. The Kier molecular flexibility index (Phi) is 4.55. The fourth-order valence-corrected chi connectivity index (χ4v) is 3.13. The Labute approximate surface area is 122 Å². The first-order chi connectivity index (χ1) is 9.35. The predicted molar refractivity (Wildman–Crippen MR) is 81.5 cm³/mol. The van der Waals surface area contributed by atoms with Crippen LogP contribution in [0, 0.1) is 5.92 Å². The van der Waals surface area contributed by atoms with Crippen molar-refractivity contribution in [2.24, 2.45) is 5.92 Å². The average Bonchev–Trinajstić information content (AvgIpc) is 2.85. The van der Waals surface area contributed by atoms with E-state index in [4.69, 9.17) is 0 Å². The Morgan fingerprint density at radius 2 is 2.25 bits per heavy atom. The molecule has 0 radical (unpaired) electrons. The van der Waals surface area contributed by atoms with Crippen molar-refractivity contribution in [2.45, 2.75) is 71.0 Å². The molecule has 20 heavy (non-hydrogen) atoms. The standard InChI is InChI=1S/C16H29N3O/c1-13-6-5-7-16(8-13,12-20)17-9-14-10-18-19(11-14)15(2,3)4/h10-11,13,17,20H,5-9,12H2,1-4H3. The lowest BCUT2D eigenvalue weighted by atomic mass is 9.77. The molecule has 1 saturated carbocycles. The molecule has 0 amide bonds. The minimum absolute atomic E-state index is 0.0201. The van der Waals surface area contributed by atoms with Gasteiger partial charge in [0.2, 0.25) is 0 Å². The molecule has 1 aliphatic carbocycles. The van der Waals surface area contributed by atoms with E-state index in [-0.39, 0.29) is 17.7 Å². The van der Waals surface area contributed by atoms with Crippen LogP contribution < -0.4 is 5.32 Å². The molecule has 0 aliphatic heterocycles. The number of hydrogen-bond acceptors (Lipinski definition) is 3. The SMILES string of the molecule is CC1CCCC(CO)(NCc2cnn(C(C)(C)C)c2)C1. The molecule has 0 aromatic carbocycles. The van der Waals surface area contributed by atoms with Crippen molar-refractivity contribution in [1.29, 1.82) is 0 Å². The van der Waals surface area contributed by atoms with Crippen molar-refractivity contribution < 1.29 is 5.11 Å².